The minimum atomic E-state index is -3.74. The molecule has 1 N–H and O–H groups in total. The van der Waals surface area contributed by atoms with E-state index in [-0.39, 0.29) is 10.7 Å². The summed E-state index contributed by atoms with van der Waals surface area (Å²) >= 11 is 0. The molecule has 0 bridgehead atoms. The number of hydrogen-bond donors (Lipinski definition) is 1. The van der Waals surface area contributed by atoms with E-state index in [1.54, 1.807) is 24.3 Å². The van der Waals surface area contributed by atoms with Crippen molar-refractivity contribution in [2.75, 3.05) is 11.8 Å². The summed E-state index contributed by atoms with van der Waals surface area (Å²) in [6.45, 7) is 3.65. The van der Waals surface area contributed by atoms with Crippen molar-refractivity contribution in [2.45, 2.75) is 18.7 Å². The lowest BCUT2D eigenvalue weighted by Crippen LogP contribution is -2.15. The third-order valence-corrected chi connectivity index (χ3v) is 4.14. The highest BCUT2D eigenvalue weighted by atomic mass is 32.2. The van der Waals surface area contributed by atoms with Gasteiger partial charge in [0.2, 0.25) is 0 Å². The monoisotopic (exact) mass is 292 g/mol. The van der Waals surface area contributed by atoms with Gasteiger partial charge in [0, 0.05) is 6.20 Å². The molecule has 0 unspecified atom stereocenters. The number of benzene rings is 1. The Hall–Kier alpha value is -2.08. The van der Waals surface area contributed by atoms with Crippen molar-refractivity contribution in [3.05, 3.63) is 47.7 Å². The number of anilines is 1. The van der Waals surface area contributed by atoms with Gasteiger partial charge in [0.25, 0.3) is 10.0 Å². The van der Waals surface area contributed by atoms with E-state index in [2.05, 4.69) is 9.71 Å². The zero-order valence-corrected chi connectivity index (χ0v) is 12.4. The van der Waals surface area contributed by atoms with Crippen molar-refractivity contribution >= 4 is 15.8 Å². The first kappa shape index (κ1) is 14.3. The number of methoxy groups -OCH3 is 1. The van der Waals surface area contributed by atoms with Crippen LogP contribution in [0, 0.1) is 13.8 Å². The van der Waals surface area contributed by atoms with Crippen molar-refractivity contribution in [2.24, 2.45) is 0 Å². The number of nitrogens with one attached hydrogen (secondary N) is 1. The zero-order chi connectivity index (χ0) is 14.8. The van der Waals surface area contributed by atoms with E-state index in [1.807, 2.05) is 19.9 Å². The van der Waals surface area contributed by atoms with Crippen LogP contribution in [-0.4, -0.2) is 20.5 Å². The van der Waals surface area contributed by atoms with Crippen LogP contribution in [0.25, 0.3) is 0 Å². The van der Waals surface area contributed by atoms with Crippen LogP contribution < -0.4 is 9.46 Å². The Labute approximate surface area is 118 Å². The summed E-state index contributed by atoms with van der Waals surface area (Å²) in [4.78, 5) is 4.07. The van der Waals surface area contributed by atoms with E-state index in [4.69, 9.17) is 4.74 Å². The van der Waals surface area contributed by atoms with E-state index >= 15 is 0 Å². The lowest BCUT2D eigenvalue weighted by Gasteiger charge is -2.14. The number of aromatic nitrogens is 1. The molecule has 0 aliphatic heterocycles. The van der Waals surface area contributed by atoms with Crippen LogP contribution in [0.4, 0.5) is 5.82 Å². The average molecular weight is 292 g/mol. The molecular formula is C14H16N2O3S. The summed E-state index contributed by atoms with van der Waals surface area (Å²) in [7, 11) is -2.28. The number of sulfonamides is 1. The van der Waals surface area contributed by atoms with Crippen molar-refractivity contribution in [1.29, 1.82) is 0 Å². The van der Waals surface area contributed by atoms with E-state index in [9.17, 15) is 8.42 Å². The molecule has 1 aromatic heterocycles. The van der Waals surface area contributed by atoms with Gasteiger partial charge in [0.1, 0.15) is 16.5 Å². The van der Waals surface area contributed by atoms with Gasteiger partial charge >= 0.3 is 0 Å². The van der Waals surface area contributed by atoms with Gasteiger partial charge < -0.3 is 4.74 Å². The van der Waals surface area contributed by atoms with Gasteiger partial charge in [-0.25, -0.2) is 13.4 Å². The molecule has 6 heteroatoms. The van der Waals surface area contributed by atoms with Gasteiger partial charge in [-0.05, 0) is 43.2 Å². The van der Waals surface area contributed by atoms with Gasteiger partial charge in [0.05, 0.1) is 7.11 Å². The Bertz CT molecular complexity index is 713. The Morgan fingerprint density at radius 2 is 1.95 bits per heavy atom. The summed E-state index contributed by atoms with van der Waals surface area (Å²) in [6.07, 6.45) is 1.52. The van der Waals surface area contributed by atoms with Crippen LogP contribution in [0.5, 0.6) is 5.75 Å². The minimum absolute atomic E-state index is 0.114. The van der Waals surface area contributed by atoms with E-state index in [1.165, 1.54) is 13.3 Å². The summed E-state index contributed by atoms with van der Waals surface area (Å²) in [5, 5.41) is 0. The van der Waals surface area contributed by atoms with Crippen LogP contribution in [0.3, 0.4) is 0 Å². The molecule has 1 aromatic carbocycles. The van der Waals surface area contributed by atoms with Gasteiger partial charge in [0.15, 0.2) is 0 Å². The molecule has 0 saturated carbocycles. The second kappa shape index (κ2) is 5.50. The van der Waals surface area contributed by atoms with Crippen LogP contribution in [0.2, 0.25) is 0 Å². The average Bonchev–Trinajstić information content (AvgIpc) is 2.38. The van der Waals surface area contributed by atoms with Gasteiger partial charge in [-0.2, -0.15) is 0 Å². The first-order valence-electron chi connectivity index (χ1n) is 6.03. The quantitative estimate of drug-likeness (QED) is 0.940. The standard InChI is InChI=1S/C14H16N2O3S/c1-10-8-11(2)14(19-3)12(9-10)20(17,18)16-13-6-4-5-7-15-13/h4-9H,1-3H3,(H,15,16). The molecule has 0 spiro atoms. The number of aryl methyl sites for hydroxylation is 2. The highest BCUT2D eigenvalue weighted by molar-refractivity contribution is 7.92. The molecule has 5 nitrogen and oxygen atoms in total. The molecule has 0 fully saturated rings. The Kier molecular flexibility index (Phi) is 3.94. The summed E-state index contributed by atoms with van der Waals surface area (Å²) in [5.41, 5.74) is 1.62. The second-order valence-corrected chi connectivity index (χ2v) is 6.08. The number of hydrogen-bond acceptors (Lipinski definition) is 4. The largest absolute Gasteiger partial charge is 0.495 e. The fourth-order valence-electron chi connectivity index (χ4n) is 1.99. The van der Waals surface area contributed by atoms with Crippen LogP contribution in [-0.2, 0) is 10.0 Å². The lowest BCUT2D eigenvalue weighted by molar-refractivity contribution is 0.399. The third-order valence-electron chi connectivity index (χ3n) is 2.78. The van der Waals surface area contributed by atoms with E-state index in [0.29, 0.717) is 5.75 Å². The highest BCUT2D eigenvalue weighted by Gasteiger charge is 2.22. The molecule has 106 valence electrons. The molecular weight excluding hydrogens is 276 g/mol. The maximum atomic E-state index is 12.5. The fourth-order valence-corrected chi connectivity index (χ4v) is 3.33. The predicted octanol–water partition coefficient (Wildman–Crippen LogP) is 2.51. The van der Waals surface area contributed by atoms with Crippen molar-refractivity contribution < 1.29 is 13.2 Å². The maximum Gasteiger partial charge on any atom is 0.266 e. The van der Waals surface area contributed by atoms with Gasteiger partial charge in [-0.3, -0.25) is 4.72 Å². The van der Waals surface area contributed by atoms with Crippen LogP contribution in [0.1, 0.15) is 11.1 Å². The van der Waals surface area contributed by atoms with Crippen molar-refractivity contribution in [3.63, 3.8) is 0 Å². The summed E-state index contributed by atoms with van der Waals surface area (Å²) in [5.74, 6) is 0.618. The highest BCUT2D eigenvalue weighted by Crippen LogP contribution is 2.30. The molecule has 2 aromatic rings. The first-order chi connectivity index (χ1) is 9.44. The fraction of sp³-hybridized carbons (Fsp3) is 0.214. The molecule has 0 radical (unpaired) electrons. The van der Waals surface area contributed by atoms with Gasteiger partial charge in [-0.15, -0.1) is 0 Å². The summed E-state index contributed by atoms with van der Waals surface area (Å²) < 4.78 is 32.6. The molecule has 20 heavy (non-hydrogen) atoms. The number of rotatable bonds is 4. The Morgan fingerprint density at radius 1 is 1.20 bits per heavy atom. The van der Waals surface area contributed by atoms with Crippen molar-refractivity contribution in [3.8, 4) is 5.75 Å². The number of nitrogens with zero attached hydrogens (tertiary/aromatic N) is 1. The molecule has 0 atom stereocenters. The number of ether oxygens (including phenoxy) is 1. The second-order valence-electron chi connectivity index (χ2n) is 4.43. The Morgan fingerprint density at radius 3 is 2.55 bits per heavy atom. The lowest BCUT2D eigenvalue weighted by atomic mass is 10.1. The minimum Gasteiger partial charge on any atom is -0.495 e. The van der Waals surface area contributed by atoms with Crippen molar-refractivity contribution in [1.82, 2.24) is 4.98 Å². The topological polar surface area (TPSA) is 68.3 Å². The molecule has 0 aliphatic carbocycles. The number of pyridine rings is 1. The predicted molar refractivity (Wildman–Crippen MR) is 77.5 cm³/mol. The molecule has 0 aliphatic rings. The van der Waals surface area contributed by atoms with Crippen LogP contribution >= 0.6 is 0 Å². The van der Waals surface area contributed by atoms with E-state index in [0.717, 1.165) is 11.1 Å². The normalized spacial score (nSPS) is 11.2. The summed E-state index contributed by atoms with van der Waals surface area (Å²) in [6, 6.07) is 8.47. The SMILES string of the molecule is COc1c(C)cc(C)cc1S(=O)(=O)Nc1ccccn1. The smallest absolute Gasteiger partial charge is 0.266 e. The first-order valence-corrected chi connectivity index (χ1v) is 7.51. The molecule has 2 rings (SSSR count). The third kappa shape index (κ3) is 2.91. The maximum absolute atomic E-state index is 12.5. The molecule has 0 saturated heterocycles. The van der Waals surface area contributed by atoms with E-state index < -0.39 is 10.0 Å². The van der Waals surface area contributed by atoms with Crippen LogP contribution in [0.15, 0.2) is 41.4 Å². The van der Waals surface area contributed by atoms with Gasteiger partial charge in [-0.1, -0.05) is 12.1 Å². The Balaban J connectivity index is 2.49. The molecule has 1 heterocycles. The molecule has 0 amide bonds. The zero-order valence-electron chi connectivity index (χ0n) is 11.5.